The lowest BCUT2D eigenvalue weighted by molar-refractivity contribution is 0.0938. The second kappa shape index (κ2) is 9.39. The molecule has 2 aromatic heterocycles. The Labute approximate surface area is 188 Å². The maximum atomic E-state index is 13.3. The van der Waals surface area contributed by atoms with Crippen LogP contribution >= 0.6 is 0 Å². The Morgan fingerprint density at radius 3 is 2.48 bits per heavy atom. The molecule has 0 bridgehead atoms. The lowest BCUT2D eigenvalue weighted by atomic mass is 10.1. The van der Waals surface area contributed by atoms with E-state index in [1.54, 1.807) is 36.4 Å². The summed E-state index contributed by atoms with van der Waals surface area (Å²) in [6.45, 7) is 1.97. The third-order valence-electron chi connectivity index (χ3n) is 5.18. The first-order valence-corrected chi connectivity index (χ1v) is 10.2. The van der Waals surface area contributed by atoms with E-state index in [-0.39, 0.29) is 13.1 Å². The first-order valence-electron chi connectivity index (χ1n) is 10.2. The van der Waals surface area contributed by atoms with Crippen LogP contribution in [-0.2, 0) is 13.1 Å². The molecule has 0 atom stereocenters. The van der Waals surface area contributed by atoms with Crippen molar-refractivity contribution in [3.63, 3.8) is 0 Å². The fourth-order valence-electron chi connectivity index (χ4n) is 3.31. The number of carbonyl (C=O) groups excluding carboxylic acids is 1. The monoisotopic (exact) mass is 446 g/mol. The quantitative estimate of drug-likeness (QED) is 0.467. The summed E-state index contributed by atoms with van der Waals surface area (Å²) < 4.78 is 12.4. The van der Waals surface area contributed by atoms with Gasteiger partial charge in [-0.3, -0.25) is 14.2 Å². The minimum atomic E-state index is -0.773. The summed E-state index contributed by atoms with van der Waals surface area (Å²) in [5.41, 5.74) is 0.262. The van der Waals surface area contributed by atoms with Gasteiger partial charge in [0.15, 0.2) is 0 Å². The molecular formula is C24H22N4O5. The number of hydrogen-bond donors (Lipinski definition) is 1. The summed E-state index contributed by atoms with van der Waals surface area (Å²) in [6.07, 6.45) is 1.48. The lowest BCUT2D eigenvalue weighted by Crippen LogP contribution is -2.46. The van der Waals surface area contributed by atoms with E-state index in [4.69, 9.17) is 9.15 Å². The molecule has 2 heterocycles. The second-order valence-electron chi connectivity index (χ2n) is 7.32. The predicted molar refractivity (Wildman–Crippen MR) is 121 cm³/mol. The number of aryl methyl sites for hydroxylation is 1. The third kappa shape index (κ3) is 4.62. The molecule has 1 N–H and O–H groups in total. The number of rotatable bonds is 7. The number of nitrogens with one attached hydrogen (secondary N) is 1. The van der Waals surface area contributed by atoms with Gasteiger partial charge in [-0.15, -0.1) is 0 Å². The van der Waals surface area contributed by atoms with Crippen LogP contribution in [0.25, 0.3) is 5.69 Å². The zero-order valence-corrected chi connectivity index (χ0v) is 18.1. The first-order chi connectivity index (χ1) is 16.0. The van der Waals surface area contributed by atoms with Gasteiger partial charge in [0.05, 0.1) is 32.1 Å². The van der Waals surface area contributed by atoms with Gasteiger partial charge in [-0.1, -0.05) is 24.3 Å². The van der Waals surface area contributed by atoms with Gasteiger partial charge in [-0.25, -0.2) is 4.79 Å². The van der Waals surface area contributed by atoms with Gasteiger partial charge in [0.2, 0.25) is 5.69 Å². The molecule has 0 fully saturated rings. The highest BCUT2D eigenvalue weighted by Gasteiger charge is 2.21. The van der Waals surface area contributed by atoms with E-state index in [0.29, 0.717) is 17.2 Å². The Balaban J connectivity index is 1.80. The summed E-state index contributed by atoms with van der Waals surface area (Å²) >= 11 is 0. The highest BCUT2D eigenvalue weighted by molar-refractivity contribution is 5.91. The summed E-state index contributed by atoms with van der Waals surface area (Å²) in [7, 11) is 1.53. The van der Waals surface area contributed by atoms with Crippen molar-refractivity contribution >= 4 is 5.91 Å². The highest BCUT2D eigenvalue weighted by atomic mass is 16.5. The van der Waals surface area contributed by atoms with Crippen LogP contribution < -0.4 is 21.3 Å². The van der Waals surface area contributed by atoms with Gasteiger partial charge >= 0.3 is 5.69 Å². The molecule has 0 radical (unpaired) electrons. The summed E-state index contributed by atoms with van der Waals surface area (Å²) in [6, 6.07) is 17.4. The molecule has 0 spiro atoms. The van der Waals surface area contributed by atoms with Crippen molar-refractivity contribution in [2.45, 2.75) is 20.0 Å². The van der Waals surface area contributed by atoms with Crippen molar-refractivity contribution in [3.8, 4) is 11.4 Å². The number of hydrogen-bond acceptors (Lipinski definition) is 6. The predicted octanol–water partition coefficient (Wildman–Crippen LogP) is 2.28. The third-order valence-corrected chi connectivity index (χ3v) is 5.18. The smallest absolute Gasteiger partial charge is 0.352 e. The SMILES string of the molecule is COc1ccc(-n2nc(C(=O)NCc3ccco3)c(=O)n(Cc3ccccc3C)c2=O)cc1. The zero-order chi connectivity index (χ0) is 23.4. The molecule has 2 aromatic carbocycles. The molecule has 4 aromatic rings. The van der Waals surface area contributed by atoms with Crippen molar-refractivity contribution in [2.75, 3.05) is 7.11 Å². The molecule has 4 rings (SSSR count). The molecule has 0 aliphatic heterocycles. The zero-order valence-electron chi connectivity index (χ0n) is 18.1. The number of amides is 1. The number of methoxy groups -OCH3 is 1. The highest BCUT2D eigenvalue weighted by Crippen LogP contribution is 2.13. The Bertz CT molecular complexity index is 1390. The lowest BCUT2D eigenvalue weighted by Gasteiger charge is -2.13. The Morgan fingerprint density at radius 1 is 1.06 bits per heavy atom. The molecule has 0 saturated carbocycles. The van der Waals surface area contributed by atoms with Crippen LogP contribution in [0, 0.1) is 6.92 Å². The Hall–Kier alpha value is -4.40. The molecule has 9 nitrogen and oxygen atoms in total. The van der Waals surface area contributed by atoms with Crippen LogP contribution in [0.2, 0.25) is 0 Å². The average molecular weight is 446 g/mol. The van der Waals surface area contributed by atoms with Crippen LogP contribution in [0.3, 0.4) is 0 Å². The van der Waals surface area contributed by atoms with Gasteiger partial charge in [0.25, 0.3) is 11.5 Å². The van der Waals surface area contributed by atoms with E-state index in [9.17, 15) is 14.4 Å². The molecule has 33 heavy (non-hydrogen) atoms. The normalized spacial score (nSPS) is 10.7. The van der Waals surface area contributed by atoms with Crippen LogP contribution in [0.15, 0.2) is 80.9 Å². The van der Waals surface area contributed by atoms with Crippen molar-refractivity contribution in [3.05, 3.63) is 110 Å². The van der Waals surface area contributed by atoms with Crippen LogP contribution in [0.5, 0.6) is 5.75 Å². The minimum Gasteiger partial charge on any atom is -0.497 e. The Morgan fingerprint density at radius 2 is 1.82 bits per heavy atom. The molecule has 9 heteroatoms. The van der Waals surface area contributed by atoms with Crippen LogP contribution in [0.4, 0.5) is 0 Å². The van der Waals surface area contributed by atoms with E-state index in [1.165, 1.54) is 13.4 Å². The molecule has 0 aliphatic rings. The second-order valence-corrected chi connectivity index (χ2v) is 7.32. The average Bonchev–Trinajstić information content (AvgIpc) is 3.35. The summed E-state index contributed by atoms with van der Waals surface area (Å²) in [5, 5.41) is 6.73. The van der Waals surface area contributed by atoms with E-state index < -0.39 is 22.9 Å². The number of furan rings is 1. The number of benzene rings is 2. The van der Waals surface area contributed by atoms with Gasteiger partial charge in [-0.05, 0) is 54.4 Å². The van der Waals surface area contributed by atoms with Gasteiger partial charge in [0, 0.05) is 0 Å². The fourth-order valence-corrected chi connectivity index (χ4v) is 3.31. The van der Waals surface area contributed by atoms with E-state index in [1.807, 2.05) is 31.2 Å². The number of nitrogens with zero attached hydrogens (tertiary/aromatic N) is 3. The minimum absolute atomic E-state index is 0.00147. The Kier molecular flexibility index (Phi) is 6.21. The van der Waals surface area contributed by atoms with Crippen molar-refractivity contribution in [1.82, 2.24) is 19.7 Å². The standard InChI is InChI=1S/C24H22N4O5/c1-16-6-3-4-7-17(16)15-27-23(30)21(22(29)25-14-20-8-5-13-33-20)26-28(24(27)31)18-9-11-19(32-2)12-10-18/h3-13H,14-15H2,1-2H3,(H,25,29). The molecule has 1 amide bonds. The summed E-state index contributed by atoms with van der Waals surface area (Å²) in [5.74, 6) is 0.403. The summed E-state index contributed by atoms with van der Waals surface area (Å²) in [4.78, 5) is 39.3. The first kappa shape index (κ1) is 21.8. The van der Waals surface area contributed by atoms with Crippen molar-refractivity contribution in [2.24, 2.45) is 0 Å². The van der Waals surface area contributed by atoms with Gasteiger partial charge in [-0.2, -0.15) is 9.78 Å². The van der Waals surface area contributed by atoms with E-state index in [0.717, 1.165) is 20.4 Å². The molecule has 0 unspecified atom stereocenters. The fraction of sp³-hybridized carbons (Fsp3) is 0.167. The molecular weight excluding hydrogens is 424 g/mol. The van der Waals surface area contributed by atoms with Crippen LogP contribution in [0.1, 0.15) is 27.4 Å². The van der Waals surface area contributed by atoms with Crippen molar-refractivity contribution < 1.29 is 13.9 Å². The van der Waals surface area contributed by atoms with Crippen molar-refractivity contribution in [1.29, 1.82) is 0 Å². The molecule has 0 saturated heterocycles. The van der Waals surface area contributed by atoms with E-state index >= 15 is 0 Å². The number of ether oxygens (including phenoxy) is 1. The number of aromatic nitrogens is 3. The van der Waals surface area contributed by atoms with E-state index in [2.05, 4.69) is 10.4 Å². The largest absolute Gasteiger partial charge is 0.497 e. The molecule has 0 aliphatic carbocycles. The van der Waals surface area contributed by atoms with Crippen LogP contribution in [-0.4, -0.2) is 27.4 Å². The maximum absolute atomic E-state index is 13.3. The van der Waals surface area contributed by atoms with Gasteiger partial charge < -0.3 is 14.5 Å². The maximum Gasteiger partial charge on any atom is 0.352 e. The molecule has 168 valence electrons. The number of carbonyl (C=O) groups is 1. The topological polar surface area (TPSA) is 108 Å². The van der Waals surface area contributed by atoms with Gasteiger partial charge in [0.1, 0.15) is 11.5 Å².